The third-order valence-corrected chi connectivity index (χ3v) is 3.88. The Kier molecular flexibility index (Phi) is 3.31. The molecule has 2 aromatic heterocycles. The lowest BCUT2D eigenvalue weighted by molar-refractivity contribution is 0.714. The predicted octanol–water partition coefficient (Wildman–Crippen LogP) is 2.46. The SMILES string of the molecule is Cc1ccc(-c2cc(-c3csc(N)n3)c(=O)n(C)n2)cc1. The molecule has 0 atom stereocenters. The molecule has 3 aromatic rings. The first-order valence-corrected chi connectivity index (χ1v) is 7.29. The highest BCUT2D eigenvalue weighted by atomic mass is 32.1. The Morgan fingerprint density at radius 2 is 1.90 bits per heavy atom. The van der Waals surface area contributed by atoms with Crippen LogP contribution in [0, 0.1) is 6.92 Å². The molecule has 0 bridgehead atoms. The number of aryl methyl sites for hydroxylation is 2. The molecule has 0 saturated heterocycles. The number of hydrogen-bond acceptors (Lipinski definition) is 5. The van der Waals surface area contributed by atoms with Gasteiger partial charge in [0, 0.05) is 18.0 Å². The molecule has 1 aromatic carbocycles. The van der Waals surface area contributed by atoms with Crippen LogP contribution in [0.4, 0.5) is 5.13 Å². The van der Waals surface area contributed by atoms with Crippen LogP contribution in [0.5, 0.6) is 0 Å². The van der Waals surface area contributed by atoms with Crippen LogP contribution in [0.25, 0.3) is 22.5 Å². The number of anilines is 1. The van der Waals surface area contributed by atoms with Crippen molar-refractivity contribution in [3.05, 3.63) is 51.6 Å². The Hall–Kier alpha value is -2.47. The second kappa shape index (κ2) is 5.14. The van der Waals surface area contributed by atoms with E-state index >= 15 is 0 Å². The number of rotatable bonds is 2. The smallest absolute Gasteiger partial charge is 0.276 e. The summed E-state index contributed by atoms with van der Waals surface area (Å²) in [4.78, 5) is 16.4. The van der Waals surface area contributed by atoms with Gasteiger partial charge >= 0.3 is 0 Å². The van der Waals surface area contributed by atoms with Gasteiger partial charge in [-0.3, -0.25) is 4.79 Å². The van der Waals surface area contributed by atoms with Crippen molar-refractivity contribution in [3.63, 3.8) is 0 Å². The van der Waals surface area contributed by atoms with Crippen molar-refractivity contribution in [2.45, 2.75) is 6.92 Å². The number of thiazole rings is 1. The molecule has 0 radical (unpaired) electrons. The van der Waals surface area contributed by atoms with E-state index in [4.69, 9.17) is 5.73 Å². The first-order valence-electron chi connectivity index (χ1n) is 6.41. The summed E-state index contributed by atoms with van der Waals surface area (Å²) >= 11 is 1.32. The number of nitrogens with two attached hydrogens (primary N) is 1. The second-order valence-electron chi connectivity index (χ2n) is 4.81. The normalized spacial score (nSPS) is 10.8. The van der Waals surface area contributed by atoms with E-state index in [9.17, 15) is 4.79 Å². The van der Waals surface area contributed by atoms with Crippen LogP contribution in [0.3, 0.4) is 0 Å². The zero-order chi connectivity index (χ0) is 15.0. The Balaban J connectivity index is 2.18. The van der Waals surface area contributed by atoms with Crippen LogP contribution in [0.1, 0.15) is 5.56 Å². The average Bonchev–Trinajstić information content (AvgIpc) is 2.89. The van der Waals surface area contributed by atoms with E-state index < -0.39 is 0 Å². The average molecular weight is 298 g/mol. The third-order valence-electron chi connectivity index (χ3n) is 3.21. The maximum absolute atomic E-state index is 12.2. The molecular formula is C15H14N4OS. The van der Waals surface area contributed by atoms with Gasteiger partial charge in [0.25, 0.3) is 5.56 Å². The summed E-state index contributed by atoms with van der Waals surface area (Å²) in [5.74, 6) is 0. The zero-order valence-electron chi connectivity index (χ0n) is 11.7. The van der Waals surface area contributed by atoms with Gasteiger partial charge in [-0.15, -0.1) is 11.3 Å². The van der Waals surface area contributed by atoms with Crippen molar-refractivity contribution in [1.82, 2.24) is 14.8 Å². The Bertz CT molecular complexity index is 849. The second-order valence-corrected chi connectivity index (χ2v) is 5.70. The van der Waals surface area contributed by atoms with Crippen LogP contribution in [0.2, 0.25) is 0 Å². The minimum Gasteiger partial charge on any atom is -0.375 e. The number of aromatic nitrogens is 3. The maximum Gasteiger partial charge on any atom is 0.276 e. The molecule has 0 spiro atoms. The first-order chi connectivity index (χ1) is 10.0. The summed E-state index contributed by atoms with van der Waals surface area (Å²) in [6.45, 7) is 2.03. The lowest BCUT2D eigenvalue weighted by Gasteiger charge is -2.06. The lowest BCUT2D eigenvalue weighted by Crippen LogP contribution is -2.21. The largest absolute Gasteiger partial charge is 0.375 e. The molecule has 0 unspecified atom stereocenters. The fourth-order valence-electron chi connectivity index (χ4n) is 2.07. The number of nitrogens with zero attached hydrogens (tertiary/aromatic N) is 3. The third kappa shape index (κ3) is 2.57. The lowest BCUT2D eigenvalue weighted by atomic mass is 10.1. The van der Waals surface area contributed by atoms with E-state index in [1.807, 2.05) is 31.2 Å². The molecule has 0 aliphatic carbocycles. The first kappa shape index (κ1) is 13.5. The molecule has 0 amide bonds. The molecular weight excluding hydrogens is 284 g/mol. The van der Waals surface area contributed by atoms with Crippen molar-refractivity contribution in [3.8, 4) is 22.5 Å². The summed E-state index contributed by atoms with van der Waals surface area (Å²) in [7, 11) is 1.64. The van der Waals surface area contributed by atoms with Gasteiger partial charge in [0.05, 0.1) is 17.0 Å². The van der Waals surface area contributed by atoms with Crippen LogP contribution in [-0.4, -0.2) is 14.8 Å². The van der Waals surface area contributed by atoms with E-state index in [1.165, 1.54) is 21.6 Å². The van der Waals surface area contributed by atoms with Gasteiger partial charge < -0.3 is 5.73 Å². The van der Waals surface area contributed by atoms with Crippen molar-refractivity contribution in [2.75, 3.05) is 5.73 Å². The highest BCUT2D eigenvalue weighted by Gasteiger charge is 2.12. The van der Waals surface area contributed by atoms with Gasteiger partial charge in [0.1, 0.15) is 0 Å². The molecule has 2 heterocycles. The van der Waals surface area contributed by atoms with Gasteiger partial charge in [0.15, 0.2) is 5.13 Å². The van der Waals surface area contributed by atoms with Gasteiger partial charge in [0.2, 0.25) is 0 Å². The molecule has 0 fully saturated rings. The Morgan fingerprint density at radius 3 is 2.52 bits per heavy atom. The van der Waals surface area contributed by atoms with Crippen LogP contribution >= 0.6 is 11.3 Å². The summed E-state index contributed by atoms with van der Waals surface area (Å²) < 4.78 is 1.33. The number of nitrogen functional groups attached to an aromatic ring is 1. The van der Waals surface area contributed by atoms with E-state index in [1.54, 1.807) is 18.5 Å². The fraction of sp³-hybridized carbons (Fsp3) is 0.133. The van der Waals surface area contributed by atoms with Crippen molar-refractivity contribution < 1.29 is 0 Å². The molecule has 0 saturated carbocycles. The van der Waals surface area contributed by atoms with Gasteiger partial charge in [-0.25, -0.2) is 9.67 Å². The Labute approximate surface area is 125 Å². The zero-order valence-corrected chi connectivity index (χ0v) is 12.5. The van der Waals surface area contributed by atoms with Crippen molar-refractivity contribution >= 4 is 16.5 Å². The predicted molar refractivity (Wildman–Crippen MR) is 85.2 cm³/mol. The van der Waals surface area contributed by atoms with E-state index in [0.717, 1.165) is 11.3 Å². The molecule has 3 rings (SSSR count). The molecule has 0 aliphatic heterocycles. The van der Waals surface area contributed by atoms with Crippen LogP contribution in [0.15, 0.2) is 40.5 Å². The summed E-state index contributed by atoms with van der Waals surface area (Å²) in [6.07, 6.45) is 0. The quantitative estimate of drug-likeness (QED) is 0.788. The highest BCUT2D eigenvalue weighted by molar-refractivity contribution is 7.13. The van der Waals surface area contributed by atoms with Gasteiger partial charge in [-0.1, -0.05) is 29.8 Å². The number of hydrogen-bond donors (Lipinski definition) is 1. The Morgan fingerprint density at radius 1 is 1.19 bits per heavy atom. The summed E-state index contributed by atoms with van der Waals surface area (Å²) in [5.41, 5.74) is 9.44. The van der Waals surface area contributed by atoms with E-state index in [0.29, 0.717) is 16.4 Å². The van der Waals surface area contributed by atoms with Gasteiger partial charge in [-0.05, 0) is 13.0 Å². The van der Waals surface area contributed by atoms with E-state index in [-0.39, 0.29) is 5.56 Å². The fourth-order valence-corrected chi connectivity index (χ4v) is 2.63. The monoisotopic (exact) mass is 298 g/mol. The summed E-state index contributed by atoms with van der Waals surface area (Å²) in [6, 6.07) is 9.77. The minimum atomic E-state index is -0.184. The van der Waals surface area contributed by atoms with Gasteiger partial charge in [-0.2, -0.15) is 5.10 Å². The molecule has 21 heavy (non-hydrogen) atoms. The summed E-state index contributed by atoms with van der Waals surface area (Å²) in [5, 5.41) is 6.54. The molecule has 106 valence electrons. The highest BCUT2D eigenvalue weighted by Crippen LogP contribution is 2.24. The molecule has 2 N–H and O–H groups in total. The molecule has 0 aliphatic rings. The minimum absolute atomic E-state index is 0.184. The molecule has 5 nitrogen and oxygen atoms in total. The number of benzene rings is 1. The van der Waals surface area contributed by atoms with E-state index in [2.05, 4.69) is 10.1 Å². The van der Waals surface area contributed by atoms with Crippen LogP contribution < -0.4 is 11.3 Å². The van der Waals surface area contributed by atoms with Crippen molar-refractivity contribution in [1.29, 1.82) is 0 Å². The standard InChI is InChI=1S/C15H14N4OS/c1-9-3-5-10(6-4-9)12-7-11(14(20)19(2)18-12)13-8-21-15(16)17-13/h3-8H,1-2H3,(H2,16,17). The van der Waals surface area contributed by atoms with Crippen molar-refractivity contribution in [2.24, 2.45) is 7.05 Å². The van der Waals surface area contributed by atoms with Crippen LogP contribution in [-0.2, 0) is 7.05 Å². The maximum atomic E-state index is 12.2. The topological polar surface area (TPSA) is 73.8 Å². The molecule has 6 heteroatoms.